The Labute approximate surface area is 203 Å². The lowest BCUT2D eigenvalue weighted by molar-refractivity contribution is -0.117. The van der Waals surface area contributed by atoms with Crippen LogP contribution in [0, 0.1) is 11.3 Å². The first kappa shape index (κ1) is 24.8. The number of aromatic nitrogens is 1. The molecule has 0 atom stereocenters. The van der Waals surface area contributed by atoms with Crippen molar-refractivity contribution in [3.8, 4) is 22.9 Å². The Kier molecular flexibility index (Phi) is 7.24. The molecular formula is C22H21ClN6O4S. The predicted octanol–water partition coefficient (Wildman–Crippen LogP) is 3.46. The maximum absolute atomic E-state index is 12.7. The van der Waals surface area contributed by atoms with Crippen LogP contribution < -0.4 is 27.3 Å². The number of nitrogens with two attached hydrogens (primary N) is 3. The summed E-state index contributed by atoms with van der Waals surface area (Å²) in [7, 11) is 1.42. The number of methoxy groups -OCH3 is 1. The van der Waals surface area contributed by atoms with E-state index in [1.807, 2.05) is 6.07 Å². The minimum absolute atomic E-state index is 0.0127. The third kappa shape index (κ3) is 4.59. The molecule has 0 radical (unpaired) electrons. The molecule has 0 aliphatic heterocycles. The molecule has 3 rings (SSSR count). The van der Waals surface area contributed by atoms with Crippen molar-refractivity contribution in [2.75, 3.05) is 23.9 Å². The van der Waals surface area contributed by atoms with Gasteiger partial charge in [0.15, 0.2) is 0 Å². The second kappa shape index (κ2) is 9.94. The lowest BCUT2D eigenvalue weighted by Gasteiger charge is -2.18. The van der Waals surface area contributed by atoms with Crippen molar-refractivity contribution in [2.45, 2.75) is 26.2 Å². The number of nitrogen functional groups attached to an aromatic ring is 2. The quantitative estimate of drug-likeness (QED) is 0.361. The second-order valence-corrected chi connectivity index (χ2v) is 8.73. The number of hydrogen-bond acceptors (Lipinski definition) is 9. The molecule has 2 amide bonds. The van der Waals surface area contributed by atoms with Gasteiger partial charge in [0.05, 0.1) is 18.5 Å². The van der Waals surface area contributed by atoms with Gasteiger partial charge in [-0.05, 0) is 25.5 Å². The molecule has 7 N–H and O–H groups in total. The highest BCUT2D eigenvalue weighted by molar-refractivity contribution is 7.21. The number of pyridine rings is 1. The van der Waals surface area contributed by atoms with Gasteiger partial charge in [0.1, 0.15) is 43.7 Å². The summed E-state index contributed by atoms with van der Waals surface area (Å²) in [5, 5.41) is 13.0. The number of amides is 2. The topological polar surface area (TPSA) is 187 Å². The van der Waals surface area contributed by atoms with E-state index in [9.17, 15) is 19.6 Å². The number of primary amides is 1. The van der Waals surface area contributed by atoms with Crippen LogP contribution in [0.25, 0.3) is 21.3 Å². The van der Waals surface area contributed by atoms with Crippen molar-refractivity contribution in [2.24, 2.45) is 5.73 Å². The smallest absolute Gasteiger partial charge is 0.260 e. The zero-order valence-electron chi connectivity index (χ0n) is 18.3. The number of carbonyl (C=O) groups is 3. The number of ketones is 1. The van der Waals surface area contributed by atoms with Crippen molar-refractivity contribution in [1.29, 1.82) is 5.26 Å². The fourth-order valence-corrected chi connectivity index (χ4v) is 4.73. The average molecular weight is 501 g/mol. The fraction of sp³-hybridized carbons (Fsp3) is 0.227. The molecule has 2 heterocycles. The lowest BCUT2D eigenvalue weighted by Crippen LogP contribution is -2.13. The summed E-state index contributed by atoms with van der Waals surface area (Å²) in [6.45, 7) is 1.45. The van der Waals surface area contributed by atoms with Gasteiger partial charge in [0, 0.05) is 29.4 Å². The van der Waals surface area contributed by atoms with Gasteiger partial charge in [-0.25, -0.2) is 4.98 Å². The first-order valence-corrected chi connectivity index (χ1v) is 11.2. The Balaban J connectivity index is 2.29. The molecule has 176 valence electrons. The number of benzene rings is 1. The van der Waals surface area contributed by atoms with Crippen molar-refractivity contribution < 1.29 is 19.1 Å². The summed E-state index contributed by atoms with van der Waals surface area (Å²) >= 11 is 7.49. The van der Waals surface area contributed by atoms with E-state index in [4.69, 9.17) is 33.5 Å². The number of hydrogen-bond donors (Lipinski definition) is 4. The van der Waals surface area contributed by atoms with Crippen LogP contribution in [0.3, 0.4) is 0 Å². The molecular weight excluding hydrogens is 480 g/mol. The van der Waals surface area contributed by atoms with Crippen LogP contribution in [0.5, 0.6) is 5.75 Å². The molecule has 0 aliphatic rings. The van der Waals surface area contributed by atoms with Gasteiger partial charge >= 0.3 is 0 Å². The molecule has 0 saturated carbocycles. The Morgan fingerprint density at radius 2 is 1.97 bits per heavy atom. The Hall–Kier alpha value is -3.88. The van der Waals surface area contributed by atoms with E-state index in [-0.39, 0.29) is 68.0 Å². The zero-order chi connectivity index (χ0) is 25.2. The molecule has 0 unspecified atom stereocenters. The second-order valence-electron chi connectivity index (χ2n) is 7.36. The number of Topliss-reactive ketones (excluding diaryl/α,β-unsaturated/α-hetero) is 1. The number of fused-ring (bicyclic) bond motifs is 1. The largest absolute Gasteiger partial charge is 0.495 e. The Morgan fingerprint density at radius 1 is 1.26 bits per heavy atom. The van der Waals surface area contributed by atoms with Crippen molar-refractivity contribution in [3.63, 3.8) is 0 Å². The summed E-state index contributed by atoms with van der Waals surface area (Å²) in [5.41, 5.74) is 18.5. The van der Waals surface area contributed by atoms with Crippen molar-refractivity contribution in [1.82, 2.24) is 4.98 Å². The number of anilines is 3. The first-order valence-electron chi connectivity index (χ1n) is 9.98. The fourth-order valence-electron chi connectivity index (χ4n) is 3.48. The van der Waals surface area contributed by atoms with E-state index in [2.05, 4.69) is 10.3 Å². The molecule has 0 saturated heterocycles. The molecule has 0 fully saturated rings. The third-order valence-corrected chi connectivity index (χ3v) is 6.52. The number of ether oxygens (including phenoxy) is 1. The van der Waals surface area contributed by atoms with Gasteiger partial charge in [-0.3, -0.25) is 9.59 Å². The first-order chi connectivity index (χ1) is 16.1. The van der Waals surface area contributed by atoms with Gasteiger partial charge in [0.2, 0.25) is 5.91 Å². The van der Waals surface area contributed by atoms with E-state index >= 15 is 0 Å². The van der Waals surface area contributed by atoms with Crippen molar-refractivity contribution in [3.05, 3.63) is 27.6 Å². The highest BCUT2D eigenvalue weighted by atomic mass is 35.5. The minimum Gasteiger partial charge on any atom is -0.495 e. The van der Waals surface area contributed by atoms with E-state index < -0.39 is 11.8 Å². The Bertz CT molecular complexity index is 1380. The lowest BCUT2D eigenvalue weighted by atomic mass is 9.95. The van der Waals surface area contributed by atoms with Crippen LogP contribution in [-0.2, 0) is 9.59 Å². The zero-order valence-corrected chi connectivity index (χ0v) is 19.9. The third-order valence-electron chi connectivity index (χ3n) is 5.03. The number of rotatable bonds is 8. The SMILES string of the molecule is COc1ccc(-c2c(C#N)c(N)nc3sc(C(N)=O)c(N)c23)c(NC(=O)CCCC(C)=O)c1Cl. The van der Waals surface area contributed by atoms with Crippen molar-refractivity contribution >= 4 is 67.9 Å². The number of nitrogens with one attached hydrogen (secondary N) is 1. The highest BCUT2D eigenvalue weighted by Crippen LogP contribution is 2.47. The molecule has 10 nitrogen and oxygen atoms in total. The summed E-state index contributed by atoms with van der Waals surface area (Å²) in [6, 6.07) is 5.17. The number of carbonyl (C=O) groups excluding carboxylic acids is 3. The standard InChI is InChI=1S/C22H21ClN6O4S/c1-9(30)4-3-5-13(31)28-18-10(6-7-12(33-2)16(18)23)14-11(8-24)20(26)29-22-15(14)17(25)19(34-22)21(27)32/h6-7H,3-5,25H2,1-2H3,(H2,26,29)(H2,27,32)(H,28,31). The van der Waals surface area contributed by atoms with Gasteiger partial charge in [0.25, 0.3) is 5.91 Å². The summed E-state index contributed by atoms with van der Waals surface area (Å²) in [5.74, 6) is -0.995. The molecule has 2 aromatic heterocycles. The van der Waals surface area contributed by atoms with E-state index in [1.165, 1.54) is 14.0 Å². The number of halogens is 1. The van der Waals surface area contributed by atoms with Gasteiger partial charge in [-0.1, -0.05) is 11.6 Å². The molecule has 12 heteroatoms. The maximum atomic E-state index is 12.7. The maximum Gasteiger partial charge on any atom is 0.260 e. The molecule has 0 spiro atoms. The highest BCUT2D eigenvalue weighted by Gasteiger charge is 2.26. The van der Waals surface area contributed by atoms with E-state index in [1.54, 1.807) is 12.1 Å². The monoisotopic (exact) mass is 500 g/mol. The number of nitrogens with zero attached hydrogens (tertiary/aromatic N) is 2. The van der Waals surface area contributed by atoms with E-state index in [0.29, 0.717) is 16.8 Å². The molecule has 0 bridgehead atoms. The normalized spacial score (nSPS) is 10.6. The van der Waals surface area contributed by atoms with Crippen LogP contribution in [0.2, 0.25) is 5.02 Å². The Morgan fingerprint density at radius 3 is 2.56 bits per heavy atom. The van der Waals surface area contributed by atoms with Crippen LogP contribution in [0.4, 0.5) is 17.2 Å². The number of nitriles is 1. The van der Waals surface area contributed by atoms with Crippen LogP contribution in [-0.4, -0.2) is 29.7 Å². The van der Waals surface area contributed by atoms with Crippen LogP contribution >= 0.6 is 22.9 Å². The van der Waals surface area contributed by atoms with Gasteiger partial charge < -0.3 is 32.0 Å². The molecule has 3 aromatic rings. The predicted molar refractivity (Wildman–Crippen MR) is 132 cm³/mol. The van der Waals surface area contributed by atoms with Crippen LogP contribution in [0.1, 0.15) is 41.4 Å². The summed E-state index contributed by atoms with van der Waals surface area (Å²) < 4.78 is 5.28. The van der Waals surface area contributed by atoms with Gasteiger partial charge in [-0.15, -0.1) is 11.3 Å². The molecule has 0 aliphatic carbocycles. The average Bonchev–Trinajstić information content (AvgIpc) is 3.10. The summed E-state index contributed by atoms with van der Waals surface area (Å²) in [6.07, 6.45) is 0.680. The summed E-state index contributed by atoms with van der Waals surface area (Å²) in [4.78, 5) is 40.3. The number of thiophene rings is 1. The van der Waals surface area contributed by atoms with Crippen LogP contribution in [0.15, 0.2) is 12.1 Å². The van der Waals surface area contributed by atoms with Gasteiger partial charge in [-0.2, -0.15) is 5.26 Å². The molecule has 34 heavy (non-hydrogen) atoms. The van der Waals surface area contributed by atoms with E-state index in [0.717, 1.165) is 11.3 Å². The minimum atomic E-state index is -0.754. The molecule has 1 aromatic carbocycles.